The highest BCUT2D eigenvalue weighted by atomic mass is 35.5. The van der Waals surface area contributed by atoms with Gasteiger partial charge in [-0.25, -0.2) is 9.97 Å². The van der Waals surface area contributed by atoms with Crippen molar-refractivity contribution in [2.45, 2.75) is 6.42 Å². The van der Waals surface area contributed by atoms with E-state index in [1.807, 2.05) is 6.07 Å². The summed E-state index contributed by atoms with van der Waals surface area (Å²) in [7, 11) is 0. The molecule has 2 aromatic rings. The predicted molar refractivity (Wildman–Crippen MR) is 68.0 cm³/mol. The molecule has 0 unspecified atom stereocenters. The van der Waals surface area contributed by atoms with E-state index >= 15 is 0 Å². The average Bonchev–Trinajstić information content (AvgIpc) is 2.40. The van der Waals surface area contributed by atoms with Crippen LogP contribution in [0.5, 0.6) is 0 Å². The summed E-state index contributed by atoms with van der Waals surface area (Å²) in [5.74, 6) is 0. The lowest BCUT2D eigenvalue weighted by Crippen LogP contribution is -2.03. The summed E-state index contributed by atoms with van der Waals surface area (Å²) >= 11 is 6.01. The molecule has 0 radical (unpaired) electrons. The smallest absolute Gasteiger partial charge is 0.140 e. The number of benzene rings is 1. The highest BCUT2D eigenvalue weighted by Gasteiger charge is 2.08. The molecule has 1 aliphatic heterocycles. The summed E-state index contributed by atoms with van der Waals surface area (Å²) in [5, 5.41) is 1.40. The van der Waals surface area contributed by atoms with E-state index in [-0.39, 0.29) is 0 Å². The fourth-order valence-corrected chi connectivity index (χ4v) is 2.22. The van der Waals surface area contributed by atoms with E-state index < -0.39 is 0 Å². The first-order valence-corrected chi connectivity index (χ1v) is 5.90. The maximum absolute atomic E-state index is 6.01. The molecule has 0 saturated heterocycles. The molecule has 86 valence electrons. The molecular weight excluding hydrogens is 236 g/mol. The Balaban J connectivity index is 2.10. The minimum atomic E-state index is 0.502. The van der Waals surface area contributed by atoms with Crippen LogP contribution in [0, 0.1) is 0 Å². The number of hydrogen-bond acceptors (Lipinski definition) is 3. The first-order chi connectivity index (χ1) is 8.34. The van der Waals surface area contributed by atoms with E-state index in [1.165, 1.54) is 17.5 Å². The van der Waals surface area contributed by atoms with Crippen molar-refractivity contribution in [3.05, 3.63) is 41.3 Å². The van der Waals surface area contributed by atoms with Crippen LogP contribution in [0.1, 0.15) is 12.0 Å². The van der Waals surface area contributed by atoms with Crippen LogP contribution in [0.25, 0.3) is 16.5 Å². The molecule has 1 aromatic heterocycles. The third kappa shape index (κ3) is 2.04. The van der Waals surface area contributed by atoms with Crippen LogP contribution in [-0.4, -0.2) is 23.2 Å². The lowest BCUT2D eigenvalue weighted by Gasteiger charge is -2.14. The molecule has 0 bridgehead atoms. The van der Waals surface area contributed by atoms with E-state index in [1.54, 1.807) is 0 Å². The fraction of sp³-hybridized carbons (Fsp3) is 0.231. The van der Waals surface area contributed by atoms with Crippen molar-refractivity contribution in [1.82, 2.24) is 9.97 Å². The second-order valence-corrected chi connectivity index (χ2v) is 4.31. The van der Waals surface area contributed by atoms with Crippen LogP contribution in [-0.2, 0) is 4.74 Å². The summed E-state index contributed by atoms with van der Waals surface area (Å²) in [6.45, 7) is 1.48. The second kappa shape index (κ2) is 4.43. The van der Waals surface area contributed by atoms with Gasteiger partial charge in [-0.2, -0.15) is 0 Å². The molecule has 3 rings (SSSR count). The van der Waals surface area contributed by atoms with Crippen molar-refractivity contribution in [1.29, 1.82) is 0 Å². The molecule has 0 saturated carbocycles. The van der Waals surface area contributed by atoms with Crippen molar-refractivity contribution in [3.63, 3.8) is 0 Å². The van der Waals surface area contributed by atoms with Gasteiger partial charge in [0.1, 0.15) is 11.5 Å². The van der Waals surface area contributed by atoms with Crippen molar-refractivity contribution < 1.29 is 4.74 Å². The van der Waals surface area contributed by atoms with Gasteiger partial charge in [0.05, 0.1) is 18.7 Å². The van der Waals surface area contributed by atoms with Crippen molar-refractivity contribution >= 4 is 28.1 Å². The molecule has 0 spiro atoms. The Kier molecular flexibility index (Phi) is 2.79. The minimum absolute atomic E-state index is 0.502. The third-order valence-electron chi connectivity index (χ3n) is 2.92. The fourth-order valence-electron chi connectivity index (χ4n) is 2.01. The minimum Gasteiger partial charge on any atom is -0.377 e. The predicted octanol–water partition coefficient (Wildman–Crippen LogP) is 3.09. The Hall–Kier alpha value is -1.45. The zero-order chi connectivity index (χ0) is 11.7. The zero-order valence-electron chi connectivity index (χ0n) is 9.19. The Morgan fingerprint density at radius 2 is 2.18 bits per heavy atom. The Morgan fingerprint density at radius 3 is 3.00 bits per heavy atom. The summed E-state index contributed by atoms with van der Waals surface area (Å²) in [5.41, 5.74) is 3.39. The van der Waals surface area contributed by atoms with E-state index in [9.17, 15) is 0 Å². The molecule has 17 heavy (non-hydrogen) atoms. The maximum atomic E-state index is 6.01. The Bertz CT molecular complexity index is 595. The number of fused-ring (bicyclic) bond motifs is 1. The SMILES string of the molecule is Clc1ncnc2cc(C3=CCOCC3)ccc12. The van der Waals surface area contributed by atoms with Gasteiger partial charge >= 0.3 is 0 Å². The quantitative estimate of drug-likeness (QED) is 0.726. The normalized spacial score (nSPS) is 15.9. The number of nitrogens with zero attached hydrogens (tertiary/aromatic N) is 2. The van der Waals surface area contributed by atoms with Gasteiger partial charge in [-0.15, -0.1) is 0 Å². The average molecular weight is 247 g/mol. The summed E-state index contributed by atoms with van der Waals surface area (Å²) in [6, 6.07) is 6.10. The summed E-state index contributed by atoms with van der Waals surface area (Å²) < 4.78 is 5.30. The van der Waals surface area contributed by atoms with E-state index in [4.69, 9.17) is 16.3 Å². The van der Waals surface area contributed by atoms with Gasteiger partial charge in [0.2, 0.25) is 0 Å². The van der Waals surface area contributed by atoms with Gasteiger partial charge in [-0.05, 0) is 29.7 Å². The summed E-state index contributed by atoms with van der Waals surface area (Å²) in [6.07, 6.45) is 4.56. The standard InChI is InChI=1S/C13H11ClN2O/c14-13-11-2-1-10(7-12(11)15-8-16-13)9-3-5-17-6-4-9/h1-3,7-8H,4-6H2. The molecule has 4 heteroatoms. The van der Waals surface area contributed by atoms with Crippen molar-refractivity contribution in [2.75, 3.05) is 13.2 Å². The van der Waals surface area contributed by atoms with Crippen molar-refractivity contribution in [2.24, 2.45) is 0 Å². The maximum Gasteiger partial charge on any atom is 0.140 e. The van der Waals surface area contributed by atoms with Gasteiger partial charge in [-0.1, -0.05) is 23.7 Å². The molecule has 1 aliphatic rings. The highest BCUT2D eigenvalue weighted by molar-refractivity contribution is 6.34. The van der Waals surface area contributed by atoms with Gasteiger partial charge in [0.15, 0.2) is 0 Å². The Labute approximate surface area is 104 Å². The molecule has 3 nitrogen and oxygen atoms in total. The monoisotopic (exact) mass is 246 g/mol. The first-order valence-electron chi connectivity index (χ1n) is 5.52. The van der Waals surface area contributed by atoms with Crippen LogP contribution < -0.4 is 0 Å². The van der Waals surface area contributed by atoms with Crippen LogP contribution >= 0.6 is 11.6 Å². The van der Waals surface area contributed by atoms with Gasteiger partial charge in [-0.3, -0.25) is 0 Å². The molecule has 1 aromatic carbocycles. The molecular formula is C13H11ClN2O. The zero-order valence-corrected chi connectivity index (χ0v) is 9.94. The van der Waals surface area contributed by atoms with Crippen LogP contribution in [0.2, 0.25) is 5.15 Å². The topological polar surface area (TPSA) is 35.0 Å². The van der Waals surface area contributed by atoms with E-state index in [0.29, 0.717) is 11.8 Å². The number of hydrogen-bond donors (Lipinski definition) is 0. The van der Waals surface area contributed by atoms with Gasteiger partial charge in [0.25, 0.3) is 0 Å². The van der Waals surface area contributed by atoms with Crippen LogP contribution in [0.15, 0.2) is 30.6 Å². The number of rotatable bonds is 1. The number of ether oxygens (including phenoxy) is 1. The van der Waals surface area contributed by atoms with E-state index in [0.717, 1.165) is 23.9 Å². The van der Waals surface area contributed by atoms with Crippen LogP contribution in [0.4, 0.5) is 0 Å². The lowest BCUT2D eigenvalue weighted by atomic mass is 10.0. The largest absolute Gasteiger partial charge is 0.377 e. The van der Waals surface area contributed by atoms with Gasteiger partial charge in [0, 0.05) is 5.39 Å². The number of halogens is 1. The Morgan fingerprint density at radius 1 is 1.24 bits per heavy atom. The highest BCUT2D eigenvalue weighted by Crippen LogP contribution is 2.26. The molecule has 0 aliphatic carbocycles. The molecule has 2 heterocycles. The van der Waals surface area contributed by atoms with Gasteiger partial charge < -0.3 is 4.74 Å². The van der Waals surface area contributed by atoms with E-state index in [2.05, 4.69) is 28.2 Å². The summed E-state index contributed by atoms with van der Waals surface area (Å²) in [4.78, 5) is 8.21. The van der Waals surface area contributed by atoms with Crippen molar-refractivity contribution in [3.8, 4) is 0 Å². The van der Waals surface area contributed by atoms with Crippen LogP contribution in [0.3, 0.4) is 0 Å². The molecule has 0 amide bonds. The third-order valence-corrected chi connectivity index (χ3v) is 3.22. The molecule has 0 fully saturated rings. The molecule has 0 N–H and O–H groups in total. The second-order valence-electron chi connectivity index (χ2n) is 3.95. The molecule has 0 atom stereocenters. The lowest BCUT2D eigenvalue weighted by molar-refractivity contribution is 0.161. The first kappa shape index (κ1) is 10.7. The number of aromatic nitrogens is 2.